The number of aromatic nitrogens is 2. The minimum absolute atomic E-state index is 0.309. The molecule has 0 bridgehead atoms. The van der Waals surface area contributed by atoms with E-state index in [0.29, 0.717) is 27.9 Å². The average Bonchev–Trinajstić information content (AvgIpc) is 3.03. The van der Waals surface area contributed by atoms with Crippen molar-refractivity contribution in [2.45, 2.75) is 0 Å². The van der Waals surface area contributed by atoms with Crippen molar-refractivity contribution in [2.75, 3.05) is 7.11 Å². The molecular weight excluding hydrogens is 335 g/mol. The number of carbonyl (C=O) groups excluding carboxylic acids is 1. The summed E-state index contributed by atoms with van der Waals surface area (Å²) in [5.74, 6) is -1.01. The summed E-state index contributed by atoms with van der Waals surface area (Å²) in [6.07, 6.45) is 2.87. The van der Waals surface area contributed by atoms with Crippen LogP contribution in [0.4, 0.5) is 4.39 Å². The van der Waals surface area contributed by atoms with Crippen molar-refractivity contribution >= 4 is 12.1 Å². The molecule has 7 heteroatoms. The molecule has 2 N–H and O–H groups in total. The smallest absolute Gasteiger partial charge is 0.252 e. The molecule has 3 aromatic rings. The number of primary amides is 1. The van der Waals surface area contributed by atoms with Crippen LogP contribution < -0.4 is 5.73 Å². The summed E-state index contributed by atoms with van der Waals surface area (Å²) in [6.45, 7) is 0. The van der Waals surface area contributed by atoms with Gasteiger partial charge in [-0.1, -0.05) is 35.5 Å². The highest BCUT2D eigenvalue weighted by atomic mass is 19.1. The summed E-state index contributed by atoms with van der Waals surface area (Å²) < 4.78 is 15.9. The highest BCUT2D eigenvalue weighted by Gasteiger charge is 2.18. The average molecular weight is 352 g/mol. The largest absolute Gasteiger partial charge is 0.399 e. The van der Waals surface area contributed by atoms with E-state index in [9.17, 15) is 9.18 Å². The maximum atomic E-state index is 14.4. The first-order valence-electron chi connectivity index (χ1n) is 7.80. The second-order valence-electron chi connectivity index (χ2n) is 5.63. The van der Waals surface area contributed by atoms with Gasteiger partial charge in [-0.2, -0.15) is 5.10 Å². The second kappa shape index (κ2) is 7.18. The van der Waals surface area contributed by atoms with Gasteiger partial charge in [0.1, 0.15) is 18.6 Å². The first-order chi connectivity index (χ1) is 12.5. The quantitative estimate of drug-likeness (QED) is 0.566. The number of hydrogen-bond donors (Lipinski definition) is 1. The number of halogens is 1. The molecule has 0 aliphatic heterocycles. The minimum Gasteiger partial charge on any atom is -0.399 e. The lowest BCUT2D eigenvalue weighted by molar-refractivity contribution is 0.100. The molecule has 26 heavy (non-hydrogen) atoms. The van der Waals surface area contributed by atoms with Crippen molar-refractivity contribution in [1.29, 1.82) is 0 Å². The van der Waals surface area contributed by atoms with Gasteiger partial charge in [0.15, 0.2) is 0 Å². The number of nitrogens with two attached hydrogens (primary N) is 1. The monoisotopic (exact) mass is 352 g/mol. The van der Waals surface area contributed by atoms with Gasteiger partial charge in [-0.25, -0.2) is 4.39 Å². The zero-order valence-corrected chi connectivity index (χ0v) is 14.3. The van der Waals surface area contributed by atoms with E-state index in [1.165, 1.54) is 24.1 Å². The van der Waals surface area contributed by atoms with Crippen LogP contribution in [0.1, 0.15) is 15.9 Å². The Labute approximate surface area is 149 Å². The van der Waals surface area contributed by atoms with Crippen LogP contribution in [0.25, 0.3) is 22.4 Å². The van der Waals surface area contributed by atoms with Gasteiger partial charge in [-0.15, -0.1) is 0 Å². The Morgan fingerprint density at radius 3 is 2.65 bits per heavy atom. The highest BCUT2D eigenvalue weighted by molar-refractivity contribution is 6.00. The minimum atomic E-state index is -0.569. The summed E-state index contributed by atoms with van der Waals surface area (Å²) in [5, 5.41) is 7.93. The maximum absolute atomic E-state index is 14.4. The third-order valence-corrected chi connectivity index (χ3v) is 3.89. The van der Waals surface area contributed by atoms with Gasteiger partial charge in [0.2, 0.25) is 0 Å². The lowest BCUT2D eigenvalue weighted by atomic mass is 9.95. The number of nitrogens with zero attached hydrogens (tertiary/aromatic N) is 3. The first kappa shape index (κ1) is 17.3. The molecule has 0 saturated carbocycles. The zero-order valence-electron chi connectivity index (χ0n) is 14.3. The van der Waals surface area contributed by atoms with Crippen LogP contribution in [0, 0.1) is 5.82 Å². The maximum Gasteiger partial charge on any atom is 0.252 e. The molecule has 0 radical (unpaired) electrons. The van der Waals surface area contributed by atoms with E-state index >= 15 is 0 Å². The van der Waals surface area contributed by atoms with Crippen LogP contribution in [-0.4, -0.2) is 29.0 Å². The molecule has 0 spiro atoms. The van der Waals surface area contributed by atoms with Gasteiger partial charge in [-0.3, -0.25) is 9.48 Å². The van der Waals surface area contributed by atoms with Crippen LogP contribution in [0.2, 0.25) is 0 Å². The number of benzene rings is 2. The Balaban J connectivity index is 2.13. The summed E-state index contributed by atoms with van der Waals surface area (Å²) >= 11 is 0. The van der Waals surface area contributed by atoms with Crippen LogP contribution in [-0.2, 0) is 11.9 Å². The van der Waals surface area contributed by atoms with Crippen LogP contribution in [0.3, 0.4) is 0 Å². The predicted molar refractivity (Wildman–Crippen MR) is 97.2 cm³/mol. The van der Waals surface area contributed by atoms with Crippen molar-refractivity contribution < 1.29 is 14.0 Å². The molecule has 0 atom stereocenters. The van der Waals surface area contributed by atoms with Crippen molar-refractivity contribution in [3.8, 4) is 22.4 Å². The predicted octanol–water partition coefficient (Wildman–Crippen LogP) is 2.97. The Kier molecular flexibility index (Phi) is 4.79. The molecule has 1 amide bonds. The first-order valence-corrected chi connectivity index (χ1v) is 7.80. The Hall–Kier alpha value is -3.48. The Bertz CT molecular complexity index is 995. The number of oxime groups is 1. The molecule has 3 rings (SSSR count). The third kappa shape index (κ3) is 3.32. The van der Waals surface area contributed by atoms with Gasteiger partial charge >= 0.3 is 0 Å². The van der Waals surface area contributed by atoms with E-state index in [4.69, 9.17) is 5.73 Å². The van der Waals surface area contributed by atoms with Crippen molar-refractivity contribution in [3.63, 3.8) is 0 Å². The third-order valence-electron chi connectivity index (χ3n) is 3.89. The number of hydrogen-bond acceptors (Lipinski definition) is 4. The van der Waals surface area contributed by atoms with E-state index in [0.717, 1.165) is 5.56 Å². The highest BCUT2D eigenvalue weighted by Crippen LogP contribution is 2.33. The second-order valence-corrected chi connectivity index (χ2v) is 5.63. The van der Waals surface area contributed by atoms with Gasteiger partial charge in [0, 0.05) is 24.4 Å². The van der Waals surface area contributed by atoms with Crippen molar-refractivity contribution in [2.24, 2.45) is 17.9 Å². The van der Waals surface area contributed by atoms with Gasteiger partial charge < -0.3 is 10.6 Å². The van der Waals surface area contributed by atoms with Crippen LogP contribution >= 0.6 is 0 Å². The lowest BCUT2D eigenvalue weighted by Gasteiger charge is -2.10. The van der Waals surface area contributed by atoms with Crippen molar-refractivity contribution in [3.05, 3.63) is 65.6 Å². The standard InChI is InChI=1S/C19H17FN4O2/c1-24-11-16(19(21)25)18(23-24)15-6-4-3-5-14(15)12-7-8-13(10-22-26-2)17(20)9-12/h3-11H,1-2H3,(H2,21,25)/b22-10+. The van der Waals surface area contributed by atoms with E-state index in [-0.39, 0.29) is 0 Å². The number of aryl methyl sites for hydroxylation is 1. The molecule has 0 fully saturated rings. The Morgan fingerprint density at radius 1 is 1.27 bits per heavy atom. The number of amides is 1. The van der Waals surface area contributed by atoms with Crippen LogP contribution in [0.15, 0.2) is 53.8 Å². The molecule has 6 nitrogen and oxygen atoms in total. The molecule has 0 unspecified atom stereocenters. The fourth-order valence-electron chi connectivity index (χ4n) is 2.72. The van der Waals surface area contributed by atoms with Gasteiger partial charge in [0.05, 0.1) is 11.8 Å². The zero-order chi connectivity index (χ0) is 18.7. The SMILES string of the molecule is CO/N=C/c1ccc(-c2ccccc2-c2nn(C)cc2C(N)=O)cc1F. The molecule has 132 valence electrons. The van der Waals surface area contributed by atoms with Crippen LogP contribution in [0.5, 0.6) is 0 Å². The van der Waals surface area contributed by atoms with E-state index < -0.39 is 11.7 Å². The fraction of sp³-hybridized carbons (Fsp3) is 0.105. The molecule has 1 aromatic heterocycles. The molecule has 0 saturated heterocycles. The van der Waals surface area contributed by atoms with E-state index in [2.05, 4.69) is 15.1 Å². The summed E-state index contributed by atoms with van der Waals surface area (Å²) in [7, 11) is 3.10. The summed E-state index contributed by atoms with van der Waals surface area (Å²) in [4.78, 5) is 16.3. The molecule has 2 aromatic carbocycles. The van der Waals surface area contributed by atoms with Gasteiger partial charge in [0.25, 0.3) is 5.91 Å². The number of carbonyl (C=O) groups is 1. The molecule has 0 aliphatic carbocycles. The summed E-state index contributed by atoms with van der Waals surface area (Å²) in [6, 6.07) is 12.1. The lowest BCUT2D eigenvalue weighted by Crippen LogP contribution is -2.11. The van der Waals surface area contributed by atoms with E-state index in [1.807, 2.05) is 24.3 Å². The van der Waals surface area contributed by atoms with Gasteiger partial charge in [-0.05, 0) is 23.3 Å². The van der Waals surface area contributed by atoms with E-state index in [1.54, 1.807) is 25.4 Å². The van der Waals surface area contributed by atoms with Crippen molar-refractivity contribution in [1.82, 2.24) is 9.78 Å². The molecule has 1 heterocycles. The Morgan fingerprint density at radius 2 is 2.00 bits per heavy atom. The number of rotatable bonds is 5. The summed E-state index contributed by atoms with van der Waals surface area (Å²) in [5.41, 5.74) is 8.62. The normalized spacial score (nSPS) is 11.0. The topological polar surface area (TPSA) is 82.5 Å². The molecule has 0 aliphatic rings. The molecular formula is C19H17FN4O2. The fourth-order valence-corrected chi connectivity index (χ4v) is 2.72.